The number of rotatable bonds is 5. The van der Waals surface area contributed by atoms with Crippen molar-refractivity contribution in [3.8, 4) is 22.8 Å². The summed E-state index contributed by atoms with van der Waals surface area (Å²) in [7, 11) is 0. The summed E-state index contributed by atoms with van der Waals surface area (Å²) >= 11 is 5.95. The largest absolute Gasteiger partial charge is 0.508 e. The van der Waals surface area contributed by atoms with Crippen LogP contribution in [-0.4, -0.2) is 50.5 Å². The van der Waals surface area contributed by atoms with Crippen LogP contribution in [-0.2, 0) is 6.67 Å². The Morgan fingerprint density at radius 3 is 2.18 bits per heavy atom. The molecule has 4 aromatic rings. The fourth-order valence-corrected chi connectivity index (χ4v) is 4.66. The van der Waals surface area contributed by atoms with E-state index in [0.717, 1.165) is 48.9 Å². The molecule has 0 atom stereocenters. The number of benzene rings is 3. The van der Waals surface area contributed by atoms with Crippen LogP contribution in [0, 0.1) is 18.6 Å². The van der Waals surface area contributed by atoms with Crippen LogP contribution < -0.4 is 4.90 Å². The van der Waals surface area contributed by atoms with Crippen molar-refractivity contribution in [2.24, 2.45) is 0 Å². The number of nitrogens with zero attached hydrogens (tertiary/aromatic N) is 5. The normalized spacial score (nSPS) is 14.5. The zero-order valence-electron chi connectivity index (χ0n) is 19.6. The van der Waals surface area contributed by atoms with Crippen molar-refractivity contribution in [3.63, 3.8) is 0 Å². The molecule has 1 fully saturated rings. The minimum atomic E-state index is 0.297. The Morgan fingerprint density at radius 1 is 0.824 bits per heavy atom. The number of aromatic hydroxyl groups is 1. The molecule has 2 heterocycles. The molecule has 1 aromatic heterocycles. The maximum Gasteiger partial charge on any atom is 0.204 e. The second kappa shape index (κ2) is 9.44. The zero-order valence-corrected chi connectivity index (χ0v) is 20.4. The third-order valence-electron chi connectivity index (χ3n) is 6.54. The van der Waals surface area contributed by atoms with Gasteiger partial charge in [0, 0.05) is 37.4 Å². The van der Waals surface area contributed by atoms with E-state index >= 15 is 0 Å². The molecule has 0 bridgehead atoms. The number of phenols is 1. The van der Waals surface area contributed by atoms with Gasteiger partial charge in [0.1, 0.15) is 5.75 Å². The smallest absolute Gasteiger partial charge is 0.204 e. The van der Waals surface area contributed by atoms with Crippen molar-refractivity contribution in [2.45, 2.75) is 20.5 Å². The maximum absolute atomic E-state index is 9.56. The summed E-state index contributed by atoms with van der Waals surface area (Å²) in [6.07, 6.45) is 0. The van der Waals surface area contributed by atoms with Gasteiger partial charge in [-0.1, -0.05) is 36.4 Å². The Bertz CT molecular complexity index is 1340. The van der Waals surface area contributed by atoms with Gasteiger partial charge in [0.25, 0.3) is 0 Å². The molecule has 6 nitrogen and oxygen atoms in total. The second-order valence-corrected chi connectivity index (χ2v) is 9.20. The topological polar surface area (TPSA) is 49.5 Å². The van der Waals surface area contributed by atoms with Crippen LogP contribution in [0.1, 0.15) is 11.1 Å². The number of piperazine rings is 1. The van der Waals surface area contributed by atoms with Gasteiger partial charge < -0.3 is 10.0 Å². The van der Waals surface area contributed by atoms with Gasteiger partial charge in [-0.25, -0.2) is 4.68 Å². The Morgan fingerprint density at radius 2 is 1.50 bits per heavy atom. The number of hydrogen-bond donors (Lipinski definition) is 1. The molecule has 1 aliphatic heterocycles. The summed E-state index contributed by atoms with van der Waals surface area (Å²) in [5, 5.41) is 14.5. The van der Waals surface area contributed by atoms with Crippen molar-refractivity contribution >= 4 is 17.9 Å². The van der Waals surface area contributed by atoms with Crippen LogP contribution in [0.15, 0.2) is 72.8 Å². The molecule has 3 aromatic carbocycles. The van der Waals surface area contributed by atoms with Crippen LogP contribution in [0.25, 0.3) is 17.1 Å². The van der Waals surface area contributed by atoms with Gasteiger partial charge in [-0.3, -0.25) is 9.47 Å². The fraction of sp³-hybridized carbons (Fsp3) is 0.259. The molecule has 0 radical (unpaired) electrons. The summed E-state index contributed by atoms with van der Waals surface area (Å²) in [5.74, 6) is 1.15. The average molecular weight is 472 g/mol. The first-order chi connectivity index (χ1) is 16.5. The first-order valence-corrected chi connectivity index (χ1v) is 12.0. The van der Waals surface area contributed by atoms with Gasteiger partial charge in [-0.2, -0.15) is 0 Å². The first-order valence-electron chi connectivity index (χ1n) is 11.6. The molecule has 1 aliphatic rings. The summed E-state index contributed by atoms with van der Waals surface area (Å²) < 4.78 is 4.73. The summed E-state index contributed by atoms with van der Waals surface area (Å²) in [6, 6.07) is 24.1. The molecule has 34 heavy (non-hydrogen) atoms. The van der Waals surface area contributed by atoms with Crippen LogP contribution in [0.5, 0.6) is 5.75 Å². The fourth-order valence-electron chi connectivity index (χ4n) is 4.37. The monoisotopic (exact) mass is 471 g/mol. The highest BCUT2D eigenvalue weighted by atomic mass is 32.1. The molecule has 5 rings (SSSR count). The molecule has 0 unspecified atom stereocenters. The Balaban J connectivity index is 1.41. The lowest BCUT2D eigenvalue weighted by atomic mass is 10.1. The van der Waals surface area contributed by atoms with Gasteiger partial charge in [-0.05, 0) is 73.6 Å². The maximum atomic E-state index is 9.56. The molecule has 0 amide bonds. The van der Waals surface area contributed by atoms with Gasteiger partial charge in [0.15, 0.2) is 5.82 Å². The molecular weight excluding hydrogens is 442 g/mol. The Labute approximate surface area is 205 Å². The third kappa shape index (κ3) is 4.49. The zero-order chi connectivity index (χ0) is 23.7. The molecular formula is C27H29N5OS. The van der Waals surface area contributed by atoms with Crippen molar-refractivity contribution in [2.75, 3.05) is 31.1 Å². The number of hydrogen-bond acceptors (Lipinski definition) is 5. The predicted molar refractivity (Wildman–Crippen MR) is 139 cm³/mol. The predicted octanol–water partition coefficient (Wildman–Crippen LogP) is 5.17. The molecule has 1 N–H and O–H groups in total. The Kier molecular flexibility index (Phi) is 6.22. The number of aromatic nitrogens is 3. The van der Waals surface area contributed by atoms with E-state index in [9.17, 15) is 5.11 Å². The number of anilines is 1. The van der Waals surface area contributed by atoms with Gasteiger partial charge >= 0.3 is 0 Å². The highest BCUT2D eigenvalue weighted by Gasteiger charge is 2.20. The summed E-state index contributed by atoms with van der Waals surface area (Å²) in [4.78, 5) is 4.73. The third-order valence-corrected chi connectivity index (χ3v) is 6.93. The standard InChI is InChI=1S/C27H29N5OS/c1-20-8-9-24(18-21(20)2)32-26(22-6-4-3-5-7-22)28-31(27(32)34)19-29-14-16-30(17-15-29)23-10-12-25(33)13-11-23/h3-13,18,33H,14-17,19H2,1-2H3. The molecule has 0 spiro atoms. The van der Waals surface area contributed by atoms with E-state index in [0.29, 0.717) is 17.2 Å². The van der Waals surface area contributed by atoms with E-state index in [1.165, 1.54) is 11.1 Å². The summed E-state index contributed by atoms with van der Waals surface area (Å²) in [5.41, 5.74) is 5.71. The second-order valence-electron chi connectivity index (χ2n) is 8.84. The van der Waals surface area contributed by atoms with Gasteiger partial charge in [-0.15, -0.1) is 5.10 Å². The van der Waals surface area contributed by atoms with E-state index in [1.54, 1.807) is 12.1 Å². The number of aryl methyl sites for hydroxylation is 2. The molecule has 7 heteroatoms. The van der Waals surface area contributed by atoms with E-state index in [4.69, 9.17) is 17.3 Å². The molecule has 1 saturated heterocycles. The van der Waals surface area contributed by atoms with Crippen molar-refractivity contribution in [1.82, 2.24) is 19.2 Å². The van der Waals surface area contributed by atoms with Crippen LogP contribution in [0.2, 0.25) is 0 Å². The van der Waals surface area contributed by atoms with E-state index in [-0.39, 0.29) is 0 Å². The first kappa shape index (κ1) is 22.4. The highest BCUT2D eigenvalue weighted by molar-refractivity contribution is 7.71. The molecule has 174 valence electrons. The van der Waals surface area contributed by atoms with E-state index in [1.807, 2.05) is 35.0 Å². The minimum absolute atomic E-state index is 0.297. The Hall–Kier alpha value is -3.42. The lowest BCUT2D eigenvalue weighted by molar-refractivity contribution is 0.194. The van der Waals surface area contributed by atoms with E-state index in [2.05, 4.69) is 58.5 Å². The SMILES string of the molecule is Cc1ccc(-n2c(-c3ccccc3)nn(CN3CCN(c4ccc(O)cc4)CC3)c2=S)cc1C. The van der Waals surface area contributed by atoms with Crippen LogP contribution >= 0.6 is 12.2 Å². The van der Waals surface area contributed by atoms with Crippen LogP contribution in [0.3, 0.4) is 0 Å². The summed E-state index contributed by atoms with van der Waals surface area (Å²) in [6.45, 7) is 8.57. The highest BCUT2D eigenvalue weighted by Crippen LogP contribution is 2.25. The molecule has 0 aliphatic carbocycles. The van der Waals surface area contributed by atoms with Crippen molar-refractivity contribution in [1.29, 1.82) is 0 Å². The lowest BCUT2D eigenvalue weighted by Crippen LogP contribution is -2.47. The van der Waals surface area contributed by atoms with Gasteiger partial charge in [0.2, 0.25) is 4.77 Å². The van der Waals surface area contributed by atoms with Crippen LogP contribution in [0.4, 0.5) is 5.69 Å². The van der Waals surface area contributed by atoms with Crippen molar-refractivity contribution in [3.05, 3.63) is 88.7 Å². The quantitative estimate of drug-likeness (QED) is 0.407. The van der Waals surface area contributed by atoms with E-state index < -0.39 is 0 Å². The lowest BCUT2D eigenvalue weighted by Gasteiger charge is -2.35. The minimum Gasteiger partial charge on any atom is -0.508 e. The number of phenolic OH excluding ortho intramolecular Hbond substituents is 1. The van der Waals surface area contributed by atoms with Crippen molar-refractivity contribution < 1.29 is 5.11 Å². The molecule has 0 saturated carbocycles. The average Bonchev–Trinajstić information content (AvgIpc) is 3.18. The van der Waals surface area contributed by atoms with Gasteiger partial charge in [0.05, 0.1) is 12.4 Å².